The summed E-state index contributed by atoms with van der Waals surface area (Å²) in [6, 6.07) is 7.94. The molecule has 0 saturated heterocycles. The molecule has 122 valence electrons. The minimum absolute atomic E-state index is 0.224. The van der Waals surface area contributed by atoms with Crippen molar-refractivity contribution < 1.29 is 14.5 Å². The van der Waals surface area contributed by atoms with Crippen molar-refractivity contribution in [3.8, 4) is 0 Å². The molecule has 0 bridgehead atoms. The number of aliphatic hydroxyl groups is 1. The van der Waals surface area contributed by atoms with Crippen LogP contribution in [0.1, 0.15) is 47.1 Å². The minimum Gasteiger partial charge on any atom is -0.484 e. The molecule has 1 aromatic carbocycles. The molecule has 0 aliphatic heterocycles. The van der Waals surface area contributed by atoms with E-state index in [2.05, 4.69) is 0 Å². The molecule has 0 aliphatic rings. The van der Waals surface area contributed by atoms with E-state index in [1.54, 1.807) is 13.8 Å². The molecule has 0 saturated carbocycles. The van der Waals surface area contributed by atoms with Crippen molar-refractivity contribution in [2.24, 2.45) is 0 Å². The second kappa shape index (κ2) is 6.43. The Hall–Kier alpha value is -1.33. The molecule has 4 nitrogen and oxygen atoms in total. The molecule has 0 aliphatic carbocycles. The number of nitrogens with one attached hydrogen (secondary N) is 1. The zero-order valence-electron chi connectivity index (χ0n) is 14.8. The second-order valence-electron chi connectivity index (χ2n) is 7.22. The van der Waals surface area contributed by atoms with Crippen molar-refractivity contribution in [2.45, 2.75) is 58.2 Å². The largest absolute Gasteiger partial charge is 0.484 e. The van der Waals surface area contributed by atoms with E-state index >= 15 is 0 Å². The van der Waals surface area contributed by atoms with Crippen LogP contribution >= 0.6 is 0 Å². The fourth-order valence-corrected chi connectivity index (χ4v) is 1.88. The van der Waals surface area contributed by atoms with Crippen molar-refractivity contribution in [3.05, 3.63) is 29.8 Å². The predicted molar refractivity (Wildman–Crippen MR) is 92.4 cm³/mol. The molecule has 0 aromatic heterocycles. The summed E-state index contributed by atoms with van der Waals surface area (Å²) in [4.78, 5) is 0. The van der Waals surface area contributed by atoms with Crippen LogP contribution in [-0.2, 0) is 14.8 Å². The van der Waals surface area contributed by atoms with E-state index in [0.717, 1.165) is 11.0 Å². The number of methoxy groups -OCH3 is 1. The molecule has 22 heavy (non-hydrogen) atoms. The Labute approximate surface area is 134 Å². The van der Waals surface area contributed by atoms with Crippen molar-refractivity contribution in [1.82, 2.24) is 0 Å². The van der Waals surface area contributed by atoms with Gasteiger partial charge in [0.25, 0.3) is 0 Å². The summed E-state index contributed by atoms with van der Waals surface area (Å²) in [7, 11) is 1.92. The summed E-state index contributed by atoms with van der Waals surface area (Å²) in [5.41, 5.74) is -0.0654. The number of hydrogen-bond donors (Lipinski definition) is 2. The second-order valence-corrected chi connectivity index (χ2v) is 7.22. The molecule has 0 fully saturated rings. The highest BCUT2D eigenvalue weighted by atomic mass is 16.5. The van der Waals surface area contributed by atoms with Crippen molar-refractivity contribution in [1.29, 1.82) is 5.41 Å². The van der Waals surface area contributed by atoms with E-state index in [1.807, 2.05) is 52.0 Å². The van der Waals surface area contributed by atoms with Crippen LogP contribution in [0.3, 0.4) is 0 Å². The molecular formula is C17H28BNO3. The van der Waals surface area contributed by atoms with Gasteiger partial charge < -0.3 is 14.5 Å². The van der Waals surface area contributed by atoms with Gasteiger partial charge in [0.2, 0.25) is 0 Å². The van der Waals surface area contributed by atoms with Crippen LogP contribution in [0.25, 0.3) is 0 Å². The summed E-state index contributed by atoms with van der Waals surface area (Å²) in [6.45, 7) is 11.2. The lowest BCUT2D eigenvalue weighted by Crippen LogP contribution is -2.49. The zero-order chi connectivity index (χ0) is 17.2. The number of benzene rings is 1. The summed E-state index contributed by atoms with van der Waals surface area (Å²) in [6.07, 6.45) is 0. The lowest BCUT2D eigenvalue weighted by Gasteiger charge is -2.37. The summed E-state index contributed by atoms with van der Waals surface area (Å²) in [5, 5.41) is 18.1. The quantitative estimate of drug-likeness (QED) is 0.481. The highest BCUT2D eigenvalue weighted by Crippen LogP contribution is 2.25. The van der Waals surface area contributed by atoms with Crippen LogP contribution in [0, 0.1) is 5.41 Å². The lowest BCUT2D eigenvalue weighted by molar-refractivity contribution is -0.0893. The zero-order valence-corrected chi connectivity index (χ0v) is 14.8. The topological polar surface area (TPSA) is 62.5 Å². The van der Waals surface area contributed by atoms with Gasteiger partial charge in [-0.25, -0.2) is 0 Å². The first-order valence-electron chi connectivity index (χ1n) is 7.50. The van der Waals surface area contributed by atoms with E-state index in [4.69, 9.17) is 14.8 Å². The summed E-state index contributed by atoms with van der Waals surface area (Å²) >= 11 is 0. The van der Waals surface area contributed by atoms with Crippen LogP contribution in [0.15, 0.2) is 24.3 Å². The van der Waals surface area contributed by atoms with Gasteiger partial charge in [0, 0.05) is 0 Å². The average Bonchev–Trinajstić information content (AvgIpc) is 2.43. The van der Waals surface area contributed by atoms with Gasteiger partial charge in [0.05, 0.1) is 23.7 Å². The first-order chi connectivity index (χ1) is 9.91. The van der Waals surface area contributed by atoms with E-state index < -0.39 is 16.6 Å². The Balaban J connectivity index is 2.93. The van der Waals surface area contributed by atoms with Gasteiger partial charge in [-0.3, -0.25) is 5.41 Å². The predicted octanol–water partition coefficient (Wildman–Crippen LogP) is 2.13. The van der Waals surface area contributed by atoms with Crippen LogP contribution < -0.4 is 5.46 Å². The molecule has 1 rings (SSSR count). The first kappa shape index (κ1) is 18.7. The molecule has 0 spiro atoms. The Bertz CT molecular complexity index is 533. The fraction of sp³-hybridized carbons (Fsp3) is 0.588. The maximum absolute atomic E-state index is 10.1. The van der Waals surface area contributed by atoms with Gasteiger partial charge in [-0.2, -0.15) is 0 Å². The Kier molecular flexibility index (Phi) is 5.47. The average molecular weight is 305 g/mol. The third-order valence-electron chi connectivity index (χ3n) is 4.49. The van der Waals surface area contributed by atoms with Gasteiger partial charge in [-0.15, -0.1) is 0 Å². The van der Waals surface area contributed by atoms with Crippen LogP contribution in [0.5, 0.6) is 0 Å². The van der Waals surface area contributed by atoms with Crippen molar-refractivity contribution in [2.75, 3.05) is 7.11 Å². The standard InChI is InChI=1S/C17H28BNO3/c1-15(2,14(19)21-7)12-9-8-10-13(11-12)18-22-17(5,6)16(3,4)20/h8-11,18-20H,1-7H3. The molecule has 2 N–H and O–H groups in total. The van der Waals surface area contributed by atoms with Gasteiger partial charge in [-0.1, -0.05) is 29.7 Å². The molecule has 0 radical (unpaired) electrons. The number of hydrogen-bond acceptors (Lipinski definition) is 4. The van der Waals surface area contributed by atoms with E-state index in [-0.39, 0.29) is 5.90 Å². The van der Waals surface area contributed by atoms with Gasteiger partial charge in [-0.05, 0) is 47.1 Å². The smallest absolute Gasteiger partial charge is 0.309 e. The Morgan fingerprint density at radius 2 is 1.73 bits per heavy atom. The lowest BCUT2D eigenvalue weighted by atomic mass is 9.78. The molecule has 0 atom stereocenters. The Morgan fingerprint density at radius 3 is 2.23 bits per heavy atom. The summed E-state index contributed by atoms with van der Waals surface area (Å²) < 4.78 is 11.0. The number of ether oxygens (including phenoxy) is 1. The van der Waals surface area contributed by atoms with E-state index in [0.29, 0.717) is 7.48 Å². The molecule has 0 amide bonds. The minimum atomic E-state index is -0.929. The van der Waals surface area contributed by atoms with Crippen LogP contribution in [0.4, 0.5) is 0 Å². The normalized spacial score (nSPS) is 12.9. The first-order valence-corrected chi connectivity index (χ1v) is 7.50. The van der Waals surface area contributed by atoms with Crippen molar-refractivity contribution >= 4 is 18.8 Å². The van der Waals surface area contributed by atoms with Crippen LogP contribution in [-0.4, -0.2) is 36.8 Å². The van der Waals surface area contributed by atoms with E-state index in [9.17, 15) is 5.11 Å². The highest BCUT2D eigenvalue weighted by molar-refractivity contribution is 6.47. The maximum atomic E-state index is 10.1. The molecule has 0 unspecified atom stereocenters. The monoisotopic (exact) mass is 305 g/mol. The molecule has 0 heterocycles. The SMILES string of the molecule is COC(=N)C(C)(C)c1cccc(BOC(C)(C)C(C)(C)O)c1. The van der Waals surface area contributed by atoms with Gasteiger partial charge in [0.15, 0.2) is 5.90 Å². The van der Waals surface area contributed by atoms with E-state index in [1.165, 1.54) is 7.11 Å². The van der Waals surface area contributed by atoms with Crippen molar-refractivity contribution in [3.63, 3.8) is 0 Å². The van der Waals surface area contributed by atoms with Crippen LogP contribution in [0.2, 0.25) is 0 Å². The number of rotatable bonds is 6. The summed E-state index contributed by atoms with van der Waals surface area (Å²) in [5.74, 6) is 0.224. The molecule has 1 aromatic rings. The van der Waals surface area contributed by atoms with Gasteiger partial charge >= 0.3 is 7.48 Å². The third-order valence-corrected chi connectivity index (χ3v) is 4.49. The Morgan fingerprint density at radius 1 is 1.14 bits per heavy atom. The fourth-order valence-electron chi connectivity index (χ4n) is 1.88. The third kappa shape index (κ3) is 4.11. The maximum Gasteiger partial charge on any atom is 0.309 e. The molecule has 5 heteroatoms. The molecular weight excluding hydrogens is 277 g/mol. The van der Waals surface area contributed by atoms with Gasteiger partial charge in [0.1, 0.15) is 0 Å². The highest BCUT2D eigenvalue weighted by Gasteiger charge is 2.35.